The second-order valence-electron chi connectivity index (χ2n) is 6.22. The van der Waals surface area contributed by atoms with Gasteiger partial charge in [-0.1, -0.05) is 36.4 Å². The normalized spacial score (nSPS) is 11.5. The summed E-state index contributed by atoms with van der Waals surface area (Å²) in [6.07, 6.45) is 1.03. The van der Waals surface area contributed by atoms with E-state index >= 15 is 0 Å². The molecule has 0 saturated heterocycles. The Morgan fingerprint density at radius 1 is 1.00 bits per heavy atom. The van der Waals surface area contributed by atoms with Crippen molar-refractivity contribution >= 4 is 32.0 Å². The summed E-state index contributed by atoms with van der Waals surface area (Å²) in [5.74, 6) is 0. The molecule has 0 spiro atoms. The fourth-order valence-corrected chi connectivity index (χ4v) is 3.54. The van der Waals surface area contributed by atoms with Crippen LogP contribution in [0.5, 0.6) is 0 Å². The lowest BCUT2D eigenvalue weighted by molar-refractivity contribution is -0.384. The number of nitrogens with zero attached hydrogens (tertiary/aromatic N) is 2. The van der Waals surface area contributed by atoms with Gasteiger partial charge in [-0.25, -0.2) is 8.42 Å². The molecule has 0 aliphatic rings. The van der Waals surface area contributed by atoms with E-state index in [4.69, 9.17) is 0 Å². The third-order valence-electron chi connectivity index (χ3n) is 4.22. The summed E-state index contributed by atoms with van der Waals surface area (Å²) in [5, 5.41) is 13.6. The summed E-state index contributed by atoms with van der Waals surface area (Å²) in [4.78, 5) is 12.5. The van der Waals surface area contributed by atoms with Crippen molar-refractivity contribution in [2.75, 3.05) is 18.2 Å². The van der Waals surface area contributed by atoms with E-state index in [1.54, 1.807) is 11.9 Å². The van der Waals surface area contributed by atoms with Crippen LogP contribution in [0, 0.1) is 10.1 Å². The Kier molecular flexibility index (Phi) is 4.65. The highest BCUT2D eigenvalue weighted by Gasteiger charge is 2.21. The van der Waals surface area contributed by atoms with Crippen molar-refractivity contribution in [3.8, 4) is 0 Å². The van der Waals surface area contributed by atoms with Gasteiger partial charge in [-0.3, -0.25) is 10.1 Å². The Morgan fingerprint density at radius 2 is 1.69 bits per heavy atom. The quantitative estimate of drug-likeness (QED) is 0.504. The molecule has 0 saturated carbocycles. The van der Waals surface area contributed by atoms with E-state index in [9.17, 15) is 18.5 Å². The molecule has 0 heterocycles. The maximum Gasteiger partial charge on any atom is 0.293 e. The third-order valence-corrected chi connectivity index (χ3v) is 5.33. The van der Waals surface area contributed by atoms with Crippen molar-refractivity contribution in [1.29, 1.82) is 0 Å². The minimum Gasteiger partial charge on any atom is -0.365 e. The number of nitro benzene ring substituents is 1. The van der Waals surface area contributed by atoms with Crippen LogP contribution < -0.4 is 4.90 Å². The van der Waals surface area contributed by atoms with Crippen molar-refractivity contribution in [2.24, 2.45) is 0 Å². The van der Waals surface area contributed by atoms with Gasteiger partial charge in [-0.15, -0.1) is 0 Å². The average Bonchev–Trinajstić information content (AvgIpc) is 2.60. The monoisotopic (exact) mass is 370 g/mol. The number of nitro groups is 1. The lowest BCUT2D eigenvalue weighted by Gasteiger charge is -2.20. The average molecular weight is 370 g/mol. The van der Waals surface area contributed by atoms with Gasteiger partial charge in [0.15, 0.2) is 9.84 Å². The summed E-state index contributed by atoms with van der Waals surface area (Å²) in [6.45, 7) is 0.462. The highest BCUT2D eigenvalue weighted by Crippen LogP contribution is 2.31. The Morgan fingerprint density at radius 3 is 2.35 bits per heavy atom. The van der Waals surface area contributed by atoms with E-state index in [1.165, 1.54) is 12.1 Å². The summed E-state index contributed by atoms with van der Waals surface area (Å²) >= 11 is 0. The van der Waals surface area contributed by atoms with Crippen LogP contribution in [0.1, 0.15) is 5.56 Å². The van der Waals surface area contributed by atoms with Gasteiger partial charge < -0.3 is 4.90 Å². The third kappa shape index (κ3) is 3.67. The lowest BCUT2D eigenvalue weighted by atomic mass is 10.1. The summed E-state index contributed by atoms with van der Waals surface area (Å²) in [7, 11) is -1.76. The molecule has 0 amide bonds. The summed E-state index contributed by atoms with van der Waals surface area (Å²) < 4.78 is 23.3. The van der Waals surface area contributed by atoms with Gasteiger partial charge in [-0.2, -0.15) is 0 Å². The van der Waals surface area contributed by atoms with E-state index in [-0.39, 0.29) is 10.6 Å². The van der Waals surface area contributed by atoms with Crippen LogP contribution in [0.15, 0.2) is 65.6 Å². The topological polar surface area (TPSA) is 80.5 Å². The zero-order valence-electron chi connectivity index (χ0n) is 14.4. The lowest BCUT2D eigenvalue weighted by Crippen LogP contribution is -2.18. The van der Waals surface area contributed by atoms with Crippen LogP contribution in [-0.2, 0) is 16.4 Å². The number of sulfone groups is 1. The van der Waals surface area contributed by atoms with Crippen molar-refractivity contribution in [3.05, 3.63) is 76.3 Å². The second kappa shape index (κ2) is 6.76. The Balaban J connectivity index is 1.95. The van der Waals surface area contributed by atoms with Gasteiger partial charge in [-0.05, 0) is 34.5 Å². The van der Waals surface area contributed by atoms with E-state index in [1.807, 2.05) is 42.5 Å². The molecular formula is C19H18N2O4S. The molecule has 0 aliphatic heterocycles. The predicted octanol–water partition coefficient (Wildman–Crippen LogP) is 3.79. The molecule has 0 N–H and O–H groups in total. The van der Waals surface area contributed by atoms with Crippen molar-refractivity contribution in [1.82, 2.24) is 0 Å². The first kappa shape index (κ1) is 17.9. The molecule has 0 unspecified atom stereocenters. The first-order chi connectivity index (χ1) is 12.3. The fraction of sp³-hybridized carbons (Fsp3) is 0.158. The van der Waals surface area contributed by atoms with Crippen LogP contribution in [0.3, 0.4) is 0 Å². The van der Waals surface area contributed by atoms with Crippen molar-refractivity contribution < 1.29 is 13.3 Å². The van der Waals surface area contributed by atoms with Crippen LogP contribution in [0.4, 0.5) is 11.4 Å². The van der Waals surface area contributed by atoms with E-state index in [2.05, 4.69) is 0 Å². The maximum absolute atomic E-state index is 11.7. The minimum atomic E-state index is -3.51. The zero-order chi connectivity index (χ0) is 18.9. The van der Waals surface area contributed by atoms with Gasteiger partial charge in [0.1, 0.15) is 5.69 Å². The maximum atomic E-state index is 11.7. The molecule has 0 aliphatic carbocycles. The standard InChI is InChI=1S/C19H18N2O4S/c1-20(13-14-7-8-15-5-3-4-6-16(15)11-14)18-10-9-17(26(2,24)25)12-19(18)21(22)23/h3-12H,13H2,1-2H3. The van der Waals surface area contributed by atoms with Crippen molar-refractivity contribution in [2.45, 2.75) is 11.4 Å². The van der Waals surface area contributed by atoms with Crippen LogP contribution in [0.2, 0.25) is 0 Å². The highest BCUT2D eigenvalue weighted by atomic mass is 32.2. The molecule has 3 rings (SSSR count). The minimum absolute atomic E-state index is 0.0629. The summed E-state index contributed by atoms with van der Waals surface area (Å²) in [6, 6.07) is 18.0. The fourth-order valence-electron chi connectivity index (χ4n) is 2.90. The molecule has 6 nitrogen and oxygen atoms in total. The Hall–Kier alpha value is -2.93. The molecule has 0 aromatic heterocycles. The molecule has 26 heavy (non-hydrogen) atoms. The molecular weight excluding hydrogens is 352 g/mol. The SMILES string of the molecule is CN(Cc1ccc2ccccc2c1)c1ccc(S(C)(=O)=O)cc1[N+](=O)[O-]. The van der Waals surface area contributed by atoms with Gasteiger partial charge in [0.25, 0.3) is 5.69 Å². The molecule has 0 atom stereocenters. The second-order valence-corrected chi connectivity index (χ2v) is 8.23. The van der Waals surface area contributed by atoms with Gasteiger partial charge in [0.05, 0.1) is 9.82 Å². The van der Waals surface area contributed by atoms with Gasteiger partial charge in [0, 0.05) is 25.9 Å². The first-order valence-electron chi connectivity index (χ1n) is 7.93. The van der Waals surface area contributed by atoms with E-state index < -0.39 is 14.8 Å². The van der Waals surface area contributed by atoms with Crippen LogP contribution in [0.25, 0.3) is 10.8 Å². The molecule has 7 heteroatoms. The molecule has 0 radical (unpaired) electrons. The highest BCUT2D eigenvalue weighted by molar-refractivity contribution is 7.90. The van der Waals surface area contributed by atoms with Gasteiger partial charge >= 0.3 is 0 Å². The molecule has 134 valence electrons. The predicted molar refractivity (Wildman–Crippen MR) is 102 cm³/mol. The smallest absolute Gasteiger partial charge is 0.293 e. The molecule has 0 bridgehead atoms. The van der Waals surface area contributed by atoms with Gasteiger partial charge in [0.2, 0.25) is 0 Å². The number of rotatable bonds is 5. The van der Waals surface area contributed by atoms with Crippen LogP contribution >= 0.6 is 0 Å². The Bertz CT molecular complexity index is 1090. The number of anilines is 1. The largest absolute Gasteiger partial charge is 0.365 e. The number of hydrogen-bond acceptors (Lipinski definition) is 5. The number of benzene rings is 3. The molecule has 3 aromatic carbocycles. The van der Waals surface area contributed by atoms with E-state index in [0.717, 1.165) is 28.7 Å². The molecule has 0 fully saturated rings. The first-order valence-corrected chi connectivity index (χ1v) is 9.82. The Labute approximate surface area is 151 Å². The molecule has 3 aromatic rings. The zero-order valence-corrected chi connectivity index (χ0v) is 15.2. The summed E-state index contributed by atoms with van der Waals surface area (Å²) in [5.41, 5.74) is 1.15. The van der Waals surface area contributed by atoms with Crippen molar-refractivity contribution in [3.63, 3.8) is 0 Å². The van der Waals surface area contributed by atoms with Crippen LogP contribution in [-0.4, -0.2) is 26.6 Å². The van der Waals surface area contributed by atoms with E-state index in [0.29, 0.717) is 12.2 Å². The number of fused-ring (bicyclic) bond motifs is 1. The number of hydrogen-bond donors (Lipinski definition) is 0.